The van der Waals surface area contributed by atoms with Crippen LogP contribution in [0.15, 0.2) is 45.6 Å². The number of rotatable bonds is 2. The first-order chi connectivity index (χ1) is 10.5. The fraction of sp³-hybridized carbons (Fsp3) is 0.0625. The van der Waals surface area contributed by atoms with Crippen LogP contribution < -0.4 is 10.2 Å². The number of methoxy groups -OCH3 is 1. The maximum atomic E-state index is 12.5. The molecule has 0 saturated heterocycles. The molecule has 0 bridgehead atoms. The van der Waals surface area contributed by atoms with Gasteiger partial charge < -0.3 is 19.4 Å². The van der Waals surface area contributed by atoms with Crippen molar-refractivity contribution in [2.24, 2.45) is 0 Å². The van der Waals surface area contributed by atoms with Crippen molar-refractivity contribution in [3.63, 3.8) is 0 Å². The summed E-state index contributed by atoms with van der Waals surface area (Å²) in [6.07, 6.45) is 0. The fourth-order valence-electron chi connectivity index (χ4n) is 2.24. The van der Waals surface area contributed by atoms with Crippen molar-refractivity contribution < 1.29 is 19.4 Å². The van der Waals surface area contributed by atoms with Gasteiger partial charge in [-0.2, -0.15) is 0 Å². The normalized spacial score (nSPS) is 10.8. The minimum Gasteiger partial charge on any atom is -0.508 e. The minimum atomic E-state index is -0.522. The SMILES string of the molecule is COc1c(-c2ccc(Cl)cc2)oc2cc(O)cc(O)c2c1=O. The number of hydrogen-bond donors (Lipinski definition) is 2. The molecule has 0 fully saturated rings. The van der Waals surface area contributed by atoms with E-state index in [4.69, 9.17) is 20.8 Å². The third-order valence-electron chi connectivity index (χ3n) is 3.23. The second-order valence-corrected chi connectivity index (χ2v) is 5.07. The zero-order valence-corrected chi connectivity index (χ0v) is 12.2. The van der Waals surface area contributed by atoms with Gasteiger partial charge in [0.05, 0.1) is 7.11 Å². The van der Waals surface area contributed by atoms with E-state index in [1.165, 1.54) is 13.2 Å². The molecule has 0 amide bonds. The molecule has 0 aliphatic heterocycles. The van der Waals surface area contributed by atoms with E-state index in [2.05, 4.69) is 0 Å². The molecule has 3 rings (SSSR count). The molecule has 22 heavy (non-hydrogen) atoms. The Balaban J connectivity index is 2.40. The molecular formula is C16H11ClO5. The van der Waals surface area contributed by atoms with Crippen molar-refractivity contribution in [1.82, 2.24) is 0 Å². The van der Waals surface area contributed by atoms with Gasteiger partial charge in [-0.05, 0) is 24.3 Å². The quantitative estimate of drug-likeness (QED) is 0.755. The van der Waals surface area contributed by atoms with Crippen molar-refractivity contribution in [3.8, 4) is 28.6 Å². The van der Waals surface area contributed by atoms with Gasteiger partial charge in [0, 0.05) is 22.7 Å². The number of ether oxygens (including phenoxy) is 1. The van der Waals surface area contributed by atoms with Crippen LogP contribution in [-0.2, 0) is 0 Å². The van der Waals surface area contributed by atoms with Crippen molar-refractivity contribution in [1.29, 1.82) is 0 Å². The molecular weight excluding hydrogens is 308 g/mol. The van der Waals surface area contributed by atoms with E-state index in [0.29, 0.717) is 10.6 Å². The molecule has 3 aromatic rings. The smallest absolute Gasteiger partial charge is 0.239 e. The third-order valence-corrected chi connectivity index (χ3v) is 3.48. The maximum absolute atomic E-state index is 12.5. The van der Waals surface area contributed by atoms with Gasteiger partial charge in [0.2, 0.25) is 11.2 Å². The summed E-state index contributed by atoms with van der Waals surface area (Å²) >= 11 is 5.85. The summed E-state index contributed by atoms with van der Waals surface area (Å²) < 4.78 is 10.8. The summed E-state index contributed by atoms with van der Waals surface area (Å²) in [7, 11) is 1.34. The van der Waals surface area contributed by atoms with Gasteiger partial charge in [-0.3, -0.25) is 4.79 Å². The monoisotopic (exact) mass is 318 g/mol. The van der Waals surface area contributed by atoms with Gasteiger partial charge in [-0.1, -0.05) is 11.6 Å². The van der Waals surface area contributed by atoms with Crippen LogP contribution in [0.4, 0.5) is 0 Å². The molecule has 2 aromatic carbocycles. The van der Waals surface area contributed by atoms with Crippen LogP contribution in [0.25, 0.3) is 22.3 Å². The van der Waals surface area contributed by atoms with Crippen LogP contribution in [-0.4, -0.2) is 17.3 Å². The van der Waals surface area contributed by atoms with Crippen molar-refractivity contribution >= 4 is 22.6 Å². The Morgan fingerprint density at radius 3 is 2.45 bits per heavy atom. The minimum absolute atomic E-state index is 0.0317. The molecule has 5 nitrogen and oxygen atoms in total. The van der Waals surface area contributed by atoms with E-state index in [0.717, 1.165) is 6.07 Å². The summed E-state index contributed by atoms with van der Waals surface area (Å²) in [6, 6.07) is 8.99. The van der Waals surface area contributed by atoms with Crippen molar-refractivity contribution in [3.05, 3.63) is 51.6 Å². The van der Waals surface area contributed by atoms with Crippen molar-refractivity contribution in [2.45, 2.75) is 0 Å². The van der Waals surface area contributed by atoms with E-state index < -0.39 is 5.43 Å². The zero-order valence-electron chi connectivity index (χ0n) is 11.5. The lowest BCUT2D eigenvalue weighted by molar-refractivity contribution is 0.397. The Morgan fingerprint density at radius 2 is 1.82 bits per heavy atom. The number of phenols is 2. The predicted octanol–water partition coefficient (Wildman–Crippen LogP) is 3.53. The average molecular weight is 319 g/mol. The Bertz CT molecular complexity index is 912. The molecule has 0 aliphatic rings. The number of hydrogen-bond acceptors (Lipinski definition) is 5. The molecule has 0 spiro atoms. The highest BCUT2D eigenvalue weighted by molar-refractivity contribution is 6.30. The van der Waals surface area contributed by atoms with Gasteiger partial charge in [-0.15, -0.1) is 0 Å². The zero-order chi connectivity index (χ0) is 15.9. The highest BCUT2D eigenvalue weighted by Gasteiger charge is 2.19. The largest absolute Gasteiger partial charge is 0.508 e. The highest BCUT2D eigenvalue weighted by Crippen LogP contribution is 2.35. The molecule has 1 heterocycles. The Morgan fingerprint density at radius 1 is 1.14 bits per heavy atom. The predicted molar refractivity (Wildman–Crippen MR) is 82.8 cm³/mol. The molecule has 112 valence electrons. The van der Waals surface area contributed by atoms with E-state index in [-0.39, 0.29) is 34.0 Å². The van der Waals surface area contributed by atoms with E-state index in [9.17, 15) is 15.0 Å². The lowest BCUT2D eigenvalue weighted by atomic mass is 10.1. The third kappa shape index (κ3) is 2.25. The lowest BCUT2D eigenvalue weighted by Gasteiger charge is -2.10. The average Bonchev–Trinajstić information content (AvgIpc) is 2.47. The van der Waals surface area contributed by atoms with Crippen LogP contribution in [0, 0.1) is 0 Å². The topological polar surface area (TPSA) is 79.9 Å². The van der Waals surface area contributed by atoms with Crippen LogP contribution in [0.1, 0.15) is 0 Å². The first-order valence-corrected chi connectivity index (χ1v) is 6.71. The summed E-state index contributed by atoms with van der Waals surface area (Å²) in [4.78, 5) is 12.5. The first kappa shape index (κ1) is 14.3. The summed E-state index contributed by atoms with van der Waals surface area (Å²) in [5, 5.41) is 19.9. The lowest BCUT2D eigenvalue weighted by Crippen LogP contribution is -2.07. The highest BCUT2D eigenvalue weighted by atomic mass is 35.5. The van der Waals surface area contributed by atoms with E-state index in [1.807, 2.05) is 0 Å². The molecule has 2 N–H and O–H groups in total. The number of aromatic hydroxyl groups is 2. The van der Waals surface area contributed by atoms with Crippen LogP contribution in [0.5, 0.6) is 17.2 Å². The second-order valence-electron chi connectivity index (χ2n) is 4.64. The second kappa shape index (κ2) is 5.27. The Kier molecular flexibility index (Phi) is 3.42. The summed E-state index contributed by atoms with van der Waals surface area (Å²) in [6.45, 7) is 0. The molecule has 0 atom stereocenters. The van der Waals surface area contributed by atoms with Crippen LogP contribution in [0.3, 0.4) is 0 Å². The molecule has 0 aliphatic carbocycles. The van der Waals surface area contributed by atoms with Gasteiger partial charge in [0.1, 0.15) is 22.5 Å². The van der Waals surface area contributed by atoms with E-state index in [1.54, 1.807) is 24.3 Å². The standard InChI is InChI=1S/C16H11ClO5/c1-21-16-14(20)13-11(19)6-10(18)7-12(13)22-15(16)8-2-4-9(17)5-3-8/h2-7,18-19H,1H3. The molecule has 1 aromatic heterocycles. The van der Waals surface area contributed by atoms with Gasteiger partial charge in [0.15, 0.2) is 5.76 Å². The fourth-order valence-corrected chi connectivity index (χ4v) is 2.37. The Hall–Kier alpha value is -2.66. The van der Waals surface area contributed by atoms with Crippen LogP contribution in [0.2, 0.25) is 5.02 Å². The van der Waals surface area contributed by atoms with Crippen LogP contribution >= 0.6 is 11.6 Å². The number of fused-ring (bicyclic) bond motifs is 1. The number of benzene rings is 2. The Labute approximate surface area is 130 Å². The molecule has 0 saturated carbocycles. The number of halogens is 1. The van der Waals surface area contributed by atoms with Gasteiger partial charge in [-0.25, -0.2) is 0 Å². The van der Waals surface area contributed by atoms with Gasteiger partial charge >= 0.3 is 0 Å². The van der Waals surface area contributed by atoms with Gasteiger partial charge in [0.25, 0.3) is 0 Å². The molecule has 6 heteroatoms. The number of phenolic OH excluding ortho intramolecular Hbond substituents is 2. The summed E-state index contributed by atoms with van der Waals surface area (Å²) in [5.41, 5.74) is 0.127. The molecule has 0 radical (unpaired) electrons. The van der Waals surface area contributed by atoms with E-state index >= 15 is 0 Å². The summed E-state index contributed by atoms with van der Waals surface area (Å²) in [5.74, 6) is -0.414. The van der Waals surface area contributed by atoms with Crippen molar-refractivity contribution in [2.75, 3.05) is 7.11 Å². The maximum Gasteiger partial charge on any atom is 0.239 e. The molecule has 0 unspecified atom stereocenters. The first-order valence-electron chi connectivity index (χ1n) is 6.34.